The van der Waals surface area contributed by atoms with Gasteiger partial charge in [-0.05, 0) is 62.0 Å². The Bertz CT molecular complexity index is 451. The molecule has 1 N–H and O–H groups in total. The van der Waals surface area contributed by atoms with Gasteiger partial charge in [-0.25, -0.2) is 0 Å². The smallest absolute Gasteiger partial charge is 0.119 e. The molecule has 1 aromatic carbocycles. The van der Waals surface area contributed by atoms with Crippen LogP contribution in [0.4, 0.5) is 0 Å². The summed E-state index contributed by atoms with van der Waals surface area (Å²) in [7, 11) is 0. The van der Waals surface area contributed by atoms with Gasteiger partial charge >= 0.3 is 0 Å². The molecule has 2 fully saturated rings. The Morgan fingerprint density at radius 3 is 2.86 bits per heavy atom. The van der Waals surface area contributed by atoms with Gasteiger partial charge in [-0.15, -0.1) is 0 Å². The number of rotatable bonds is 6. The Balaban J connectivity index is 1.42. The number of fused-ring (bicyclic) bond motifs is 1. The minimum Gasteiger partial charge on any atom is -0.494 e. The van der Waals surface area contributed by atoms with Crippen molar-refractivity contribution in [3.63, 3.8) is 0 Å². The Morgan fingerprint density at radius 2 is 2.10 bits per heavy atom. The highest BCUT2D eigenvalue weighted by atomic mass is 35.5. The van der Waals surface area contributed by atoms with E-state index in [1.54, 1.807) is 0 Å². The molecular weight excluding hydrogens is 284 g/mol. The van der Waals surface area contributed by atoms with Gasteiger partial charge in [-0.1, -0.05) is 18.5 Å². The van der Waals surface area contributed by atoms with Crippen LogP contribution in [0.3, 0.4) is 0 Å². The van der Waals surface area contributed by atoms with E-state index in [1.807, 2.05) is 24.3 Å². The molecule has 4 heteroatoms. The van der Waals surface area contributed by atoms with Crippen LogP contribution in [0.5, 0.6) is 5.75 Å². The summed E-state index contributed by atoms with van der Waals surface area (Å²) >= 11 is 5.87. The SMILES string of the molecule is CCC1C2CNCC2CN1CCCOc1ccc(Cl)cc1. The predicted molar refractivity (Wildman–Crippen MR) is 87.1 cm³/mol. The summed E-state index contributed by atoms with van der Waals surface area (Å²) in [6.07, 6.45) is 2.35. The fourth-order valence-electron chi connectivity index (χ4n) is 3.92. The number of hydrogen-bond acceptors (Lipinski definition) is 3. The average molecular weight is 309 g/mol. The molecule has 1 aromatic rings. The van der Waals surface area contributed by atoms with Crippen LogP contribution in [0.25, 0.3) is 0 Å². The van der Waals surface area contributed by atoms with Crippen LogP contribution in [0.2, 0.25) is 5.02 Å². The molecule has 116 valence electrons. The number of nitrogens with one attached hydrogen (secondary N) is 1. The van der Waals surface area contributed by atoms with E-state index in [1.165, 1.54) is 26.1 Å². The largest absolute Gasteiger partial charge is 0.494 e. The van der Waals surface area contributed by atoms with Crippen molar-refractivity contribution in [1.82, 2.24) is 10.2 Å². The minimum atomic E-state index is 0.755. The van der Waals surface area contributed by atoms with Crippen LogP contribution in [-0.2, 0) is 0 Å². The van der Waals surface area contributed by atoms with Crippen LogP contribution in [0, 0.1) is 11.8 Å². The number of hydrogen-bond donors (Lipinski definition) is 1. The lowest BCUT2D eigenvalue weighted by Crippen LogP contribution is -2.36. The van der Waals surface area contributed by atoms with Crippen molar-refractivity contribution in [2.45, 2.75) is 25.8 Å². The Kier molecular flexibility index (Phi) is 5.04. The second kappa shape index (κ2) is 6.99. The first-order valence-corrected chi connectivity index (χ1v) is 8.49. The van der Waals surface area contributed by atoms with Gasteiger partial charge in [-0.2, -0.15) is 0 Å². The molecule has 3 nitrogen and oxygen atoms in total. The molecule has 0 aromatic heterocycles. The number of nitrogens with zero attached hydrogens (tertiary/aromatic N) is 1. The predicted octanol–water partition coefficient (Wildman–Crippen LogP) is 3.04. The van der Waals surface area contributed by atoms with Gasteiger partial charge < -0.3 is 10.1 Å². The van der Waals surface area contributed by atoms with Gasteiger partial charge in [0, 0.05) is 24.2 Å². The van der Waals surface area contributed by atoms with E-state index in [0.717, 1.165) is 48.2 Å². The standard InChI is InChI=1S/C17H25ClN2O/c1-2-17-16-11-19-10-13(16)12-20(17)8-3-9-21-15-6-4-14(18)5-7-15/h4-7,13,16-17,19H,2-3,8-12H2,1H3. The summed E-state index contributed by atoms with van der Waals surface area (Å²) in [6.45, 7) is 7.93. The van der Waals surface area contributed by atoms with Crippen molar-refractivity contribution in [3.05, 3.63) is 29.3 Å². The van der Waals surface area contributed by atoms with E-state index in [2.05, 4.69) is 17.1 Å². The van der Waals surface area contributed by atoms with Crippen molar-refractivity contribution in [3.8, 4) is 5.75 Å². The number of halogens is 1. The monoisotopic (exact) mass is 308 g/mol. The van der Waals surface area contributed by atoms with E-state index in [9.17, 15) is 0 Å². The molecule has 0 spiro atoms. The number of benzene rings is 1. The number of likely N-dealkylation sites (tertiary alicyclic amines) is 1. The van der Waals surface area contributed by atoms with Gasteiger partial charge in [0.05, 0.1) is 6.61 Å². The highest BCUT2D eigenvalue weighted by Gasteiger charge is 2.42. The summed E-state index contributed by atoms with van der Waals surface area (Å²) in [5, 5.41) is 4.30. The van der Waals surface area contributed by atoms with Crippen LogP contribution < -0.4 is 10.1 Å². The maximum Gasteiger partial charge on any atom is 0.119 e. The third-order valence-corrected chi connectivity index (χ3v) is 5.17. The first-order valence-electron chi connectivity index (χ1n) is 8.11. The molecule has 21 heavy (non-hydrogen) atoms. The van der Waals surface area contributed by atoms with E-state index in [0.29, 0.717) is 0 Å². The lowest BCUT2D eigenvalue weighted by atomic mass is 9.93. The second-order valence-corrected chi connectivity index (χ2v) is 6.65. The summed E-state index contributed by atoms with van der Waals surface area (Å²) in [5.74, 6) is 2.65. The maximum atomic E-state index is 5.87. The summed E-state index contributed by atoms with van der Waals surface area (Å²) < 4.78 is 5.79. The highest BCUT2D eigenvalue weighted by Crippen LogP contribution is 2.34. The van der Waals surface area contributed by atoms with E-state index < -0.39 is 0 Å². The molecule has 0 bridgehead atoms. The van der Waals surface area contributed by atoms with Gasteiger partial charge in [0.1, 0.15) is 5.75 Å². The molecule has 0 radical (unpaired) electrons. The average Bonchev–Trinajstić information content (AvgIpc) is 3.05. The summed E-state index contributed by atoms with van der Waals surface area (Å²) in [4.78, 5) is 2.68. The molecular formula is C17H25ClN2O. The van der Waals surface area contributed by atoms with Crippen molar-refractivity contribution in [1.29, 1.82) is 0 Å². The van der Waals surface area contributed by atoms with Gasteiger partial charge in [-0.3, -0.25) is 4.90 Å². The lowest BCUT2D eigenvalue weighted by Gasteiger charge is -2.26. The molecule has 3 atom stereocenters. The third-order valence-electron chi connectivity index (χ3n) is 4.91. The normalized spacial score (nSPS) is 28.8. The molecule has 0 aliphatic carbocycles. The van der Waals surface area contributed by atoms with Crippen LogP contribution in [0.1, 0.15) is 19.8 Å². The Morgan fingerprint density at radius 1 is 1.29 bits per heavy atom. The molecule has 2 saturated heterocycles. The molecule has 0 amide bonds. The quantitative estimate of drug-likeness (QED) is 0.818. The summed E-state index contributed by atoms with van der Waals surface area (Å²) in [6, 6.07) is 8.38. The molecule has 2 heterocycles. The number of ether oxygens (including phenoxy) is 1. The van der Waals surface area contributed by atoms with Crippen LogP contribution in [-0.4, -0.2) is 43.7 Å². The molecule has 3 unspecified atom stereocenters. The Labute approximate surface area is 132 Å². The zero-order chi connectivity index (χ0) is 14.7. The molecule has 2 aliphatic heterocycles. The van der Waals surface area contributed by atoms with Crippen molar-refractivity contribution >= 4 is 11.6 Å². The topological polar surface area (TPSA) is 24.5 Å². The van der Waals surface area contributed by atoms with E-state index in [-0.39, 0.29) is 0 Å². The molecule has 0 saturated carbocycles. The van der Waals surface area contributed by atoms with Crippen molar-refractivity contribution in [2.24, 2.45) is 11.8 Å². The fraction of sp³-hybridized carbons (Fsp3) is 0.647. The van der Waals surface area contributed by atoms with E-state index in [4.69, 9.17) is 16.3 Å². The first-order chi connectivity index (χ1) is 10.3. The van der Waals surface area contributed by atoms with E-state index >= 15 is 0 Å². The highest BCUT2D eigenvalue weighted by molar-refractivity contribution is 6.30. The summed E-state index contributed by atoms with van der Waals surface area (Å²) in [5.41, 5.74) is 0. The first kappa shape index (κ1) is 15.1. The lowest BCUT2D eigenvalue weighted by molar-refractivity contribution is 0.197. The molecule has 3 rings (SSSR count). The third kappa shape index (κ3) is 3.53. The zero-order valence-corrected chi connectivity index (χ0v) is 13.5. The zero-order valence-electron chi connectivity index (χ0n) is 12.7. The van der Waals surface area contributed by atoms with Crippen LogP contribution in [0.15, 0.2) is 24.3 Å². The Hall–Kier alpha value is -0.770. The van der Waals surface area contributed by atoms with Crippen molar-refractivity contribution in [2.75, 3.05) is 32.8 Å². The van der Waals surface area contributed by atoms with Crippen LogP contribution >= 0.6 is 11.6 Å². The van der Waals surface area contributed by atoms with Gasteiger partial charge in [0.25, 0.3) is 0 Å². The van der Waals surface area contributed by atoms with Gasteiger partial charge in [0.2, 0.25) is 0 Å². The maximum absolute atomic E-state index is 5.87. The fourth-order valence-corrected chi connectivity index (χ4v) is 4.04. The second-order valence-electron chi connectivity index (χ2n) is 6.21. The van der Waals surface area contributed by atoms with Gasteiger partial charge in [0.15, 0.2) is 0 Å². The van der Waals surface area contributed by atoms with Crippen molar-refractivity contribution < 1.29 is 4.74 Å². The minimum absolute atomic E-state index is 0.755. The molecule has 2 aliphatic rings.